The third kappa shape index (κ3) is 1.34. The molecule has 0 unspecified atom stereocenters. The Morgan fingerprint density at radius 2 is 1.91 bits per heavy atom. The van der Waals surface area contributed by atoms with Gasteiger partial charge in [0.1, 0.15) is 0 Å². The highest BCUT2D eigenvalue weighted by Gasteiger charge is 2.10. The number of fused-ring (bicyclic) bond motifs is 1. The molecule has 11 heavy (non-hydrogen) atoms. The van der Waals surface area contributed by atoms with Gasteiger partial charge in [-0.2, -0.15) is 0 Å². The van der Waals surface area contributed by atoms with Crippen LogP contribution in [0.4, 0.5) is 0 Å². The number of rotatable bonds is 0. The quantitative estimate of drug-likeness (QED) is 0.618. The summed E-state index contributed by atoms with van der Waals surface area (Å²) in [4.78, 5) is 0. The number of halogens is 1. The molecule has 1 aromatic carbocycles. The molecule has 0 saturated carbocycles. The number of hydrogen-bond donors (Lipinski definition) is 0. The van der Waals surface area contributed by atoms with Crippen LogP contribution >= 0.6 is 15.9 Å². The predicted octanol–water partition coefficient (Wildman–Crippen LogP) is 3.33. The van der Waals surface area contributed by atoms with Crippen molar-refractivity contribution in [1.29, 1.82) is 0 Å². The Morgan fingerprint density at radius 3 is 2.73 bits per heavy atom. The zero-order valence-corrected chi connectivity index (χ0v) is 8.02. The second-order valence-corrected chi connectivity index (χ2v) is 3.94. The van der Waals surface area contributed by atoms with Crippen molar-refractivity contribution in [1.82, 2.24) is 0 Å². The molecule has 0 aromatic heterocycles. The smallest absolute Gasteiger partial charge is 0.0210 e. The fourth-order valence-electron chi connectivity index (χ4n) is 1.73. The lowest BCUT2D eigenvalue weighted by Gasteiger charge is -2.16. The standard InChI is InChI=1S/C10H11Br/c11-10-7-3-5-8-4-1-2-6-9(8)10/h3,5,7H,1-2,4,6H2/i10+1. The van der Waals surface area contributed by atoms with Crippen LogP contribution in [0.1, 0.15) is 24.0 Å². The number of aryl methyl sites for hydroxylation is 1. The molecule has 0 atom stereocenters. The van der Waals surface area contributed by atoms with E-state index < -0.39 is 0 Å². The van der Waals surface area contributed by atoms with Crippen LogP contribution < -0.4 is 0 Å². The van der Waals surface area contributed by atoms with Crippen LogP contribution in [0.3, 0.4) is 0 Å². The second-order valence-electron chi connectivity index (χ2n) is 3.08. The first kappa shape index (κ1) is 7.35. The van der Waals surface area contributed by atoms with Crippen LogP contribution in [0.2, 0.25) is 0 Å². The number of hydrogen-bond acceptors (Lipinski definition) is 0. The van der Waals surface area contributed by atoms with Gasteiger partial charge in [0.15, 0.2) is 0 Å². The highest BCUT2D eigenvalue weighted by Crippen LogP contribution is 2.27. The molecule has 0 heterocycles. The van der Waals surface area contributed by atoms with Gasteiger partial charge >= 0.3 is 0 Å². The summed E-state index contributed by atoms with van der Waals surface area (Å²) in [6.07, 6.45) is 5.25. The van der Waals surface area contributed by atoms with Gasteiger partial charge in [-0.25, -0.2) is 0 Å². The van der Waals surface area contributed by atoms with Gasteiger partial charge in [0, 0.05) is 4.47 Å². The van der Waals surface area contributed by atoms with Crippen LogP contribution in [0.25, 0.3) is 0 Å². The number of benzene rings is 1. The van der Waals surface area contributed by atoms with Crippen molar-refractivity contribution >= 4 is 15.9 Å². The van der Waals surface area contributed by atoms with Gasteiger partial charge in [0.25, 0.3) is 0 Å². The van der Waals surface area contributed by atoms with E-state index in [2.05, 4.69) is 34.1 Å². The van der Waals surface area contributed by atoms with Crippen molar-refractivity contribution in [2.45, 2.75) is 25.7 Å². The van der Waals surface area contributed by atoms with Gasteiger partial charge in [0.05, 0.1) is 0 Å². The van der Waals surface area contributed by atoms with E-state index in [0.29, 0.717) is 0 Å². The Labute approximate surface area is 75.8 Å². The normalized spacial score (nSPS) is 16.1. The first-order valence-corrected chi connectivity index (χ1v) is 4.93. The fraction of sp³-hybridized carbons (Fsp3) is 0.400. The minimum Gasteiger partial charge on any atom is -0.0609 e. The highest BCUT2D eigenvalue weighted by molar-refractivity contribution is 9.10. The van der Waals surface area contributed by atoms with Crippen LogP contribution in [0, 0.1) is 0 Å². The lowest BCUT2D eigenvalue weighted by molar-refractivity contribution is 0.683. The summed E-state index contributed by atoms with van der Waals surface area (Å²) in [6.45, 7) is 0. The van der Waals surface area contributed by atoms with E-state index in [1.807, 2.05) is 0 Å². The zero-order chi connectivity index (χ0) is 7.68. The van der Waals surface area contributed by atoms with E-state index in [-0.39, 0.29) is 0 Å². The average Bonchev–Trinajstić information content (AvgIpc) is 2.06. The molecule has 1 heteroatoms. The Balaban J connectivity index is 2.49. The highest BCUT2D eigenvalue weighted by atomic mass is 79.9. The van der Waals surface area contributed by atoms with Gasteiger partial charge in [-0.05, 0) is 42.9 Å². The van der Waals surface area contributed by atoms with E-state index in [4.69, 9.17) is 0 Å². The molecule has 0 aliphatic heterocycles. The van der Waals surface area contributed by atoms with Crippen molar-refractivity contribution in [2.24, 2.45) is 0 Å². The summed E-state index contributed by atoms with van der Waals surface area (Å²) >= 11 is 3.58. The fourth-order valence-corrected chi connectivity index (χ4v) is 2.34. The molecule has 2 rings (SSSR count). The minimum absolute atomic E-state index is 1.26. The maximum absolute atomic E-state index is 3.58. The third-order valence-corrected chi connectivity index (χ3v) is 3.08. The van der Waals surface area contributed by atoms with E-state index in [9.17, 15) is 0 Å². The molecule has 1 aliphatic rings. The maximum atomic E-state index is 3.58. The summed E-state index contributed by atoms with van der Waals surface area (Å²) in [5.41, 5.74) is 3.09. The summed E-state index contributed by atoms with van der Waals surface area (Å²) in [5, 5.41) is 0. The van der Waals surface area contributed by atoms with Gasteiger partial charge in [-0.3, -0.25) is 0 Å². The van der Waals surface area contributed by atoms with E-state index >= 15 is 0 Å². The molecule has 0 bridgehead atoms. The molecule has 0 spiro atoms. The Morgan fingerprint density at radius 1 is 1.09 bits per heavy atom. The van der Waals surface area contributed by atoms with Gasteiger partial charge in [0.2, 0.25) is 0 Å². The SMILES string of the molecule is Br[13c]1cccc2c1CCCC2. The van der Waals surface area contributed by atoms with Gasteiger partial charge in [-0.1, -0.05) is 28.1 Å². The topological polar surface area (TPSA) is 0 Å². The Bertz CT molecular complexity index is 266. The van der Waals surface area contributed by atoms with Crippen molar-refractivity contribution in [3.8, 4) is 0 Å². The van der Waals surface area contributed by atoms with Crippen molar-refractivity contribution in [3.05, 3.63) is 33.8 Å². The maximum Gasteiger partial charge on any atom is 0.0210 e. The molecule has 58 valence electrons. The summed E-state index contributed by atoms with van der Waals surface area (Å²) in [7, 11) is 0. The minimum atomic E-state index is 1.26. The van der Waals surface area contributed by atoms with Crippen LogP contribution in [0.5, 0.6) is 0 Å². The molecule has 1 aliphatic carbocycles. The monoisotopic (exact) mass is 211 g/mol. The molecule has 1 aromatic rings. The lowest BCUT2D eigenvalue weighted by atomic mass is 9.95. The van der Waals surface area contributed by atoms with Crippen LogP contribution in [0.15, 0.2) is 22.7 Å². The molecule has 0 fully saturated rings. The largest absolute Gasteiger partial charge is 0.0609 e. The molecule has 0 N–H and O–H groups in total. The second kappa shape index (κ2) is 2.98. The zero-order valence-electron chi connectivity index (χ0n) is 6.44. The van der Waals surface area contributed by atoms with E-state index in [1.54, 1.807) is 11.1 Å². The Kier molecular flexibility index (Phi) is 1.99. The Hall–Kier alpha value is -0.300. The average molecular weight is 212 g/mol. The molecular formula is C10H11Br. The van der Waals surface area contributed by atoms with Gasteiger partial charge < -0.3 is 0 Å². The van der Waals surface area contributed by atoms with Crippen LogP contribution in [-0.4, -0.2) is 0 Å². The molecule has 0 radical (unpaired) electrons. The summed E-state index contributed by atoms with van der Waals surface area (Å²) < 4.78 is 1.30. The lowest BCUT2D eigenvalue weighted by Crippen LogP contribution is -2.02. The first-order chi connectivity index (χ1) is 5.38. The molecule has 0 amide bonds. The van der Waals surface area contributed by atoms with Crippen molar-refractivity contribution in [3.63, 3.8) is 0 Å². The van der Waals surface area contributed by atoms with Crippen molar-refractivity contribution < 1.29 is 0 Å². The third-order valence-electron chi connectivity index (χ3n) is 2.34. The molecular weight excluding hydrogens is 201 g/mol. The predicted molar refractivity (Wildman–Crippen MR) is 50.8 cm³/mol. The van der Waals surface area contributed by atoms with Gasteiger partial charge in [-0.15, -0.1) is 0 Å². The first-order valence-electron chi connectivity index (χ1n) is 4.14. The summed E-state index contributed by atoms with van der Waals surface area (Å²) in [6, 6.07) is 6.53. The van der Waals surface area contributed by atoms with E-state index in [0.717, 1.165) is 0 Å². The molecule has 0 nitrogen and oxygen atoms in total. The van der Waals surface area contributed by atoms with Crippen molar-refractivity contribution in [2.75, 3.05) is 0 Å². The summed E-state index contributed by atoms with van der Waals surface area (Å²) in [5.74, 6) is 0. The van der Waals surface area contributed by atoms with E-state index in [1.165, 1.54) is 30.2 Å². The van der Waals surface area contributed by atoms with Crippen LogP contribution in [-0.2, 0) is 12.8 Å². The molecule has 0 saturated heterocycles.